The van der Waals surface area contributed by atoms with E-state index < -0.39 is 5.41 Å². The van der Waals surface area contributed by atoms with Gasteiger partial charge in [0, 0.05) is 7.05 Å². The summed E-state index contributed by atoms with van der Waals surface area (Å²) in [5.74, 6) is 0.802. The number of rotatable bonds is 4. The minimum atomic E-state index is -0.660. The third-order valence-electron chi connectivity index (χ3n) is 4.16. The first-order valence-corrected chi connectivity index (χ1v) is 7.55. The van der Waals surface area contributed by atoms with Crippen molar-refractivity contribution < 1.29 is 9.21 Å². The molecular weight excluding hydrogens is 272 g/mol. The molecule has 20 heavy (non-hydrogen) atoms. The van der Waals surface area contributed by atoms with Gasteiger partial charge in [-0.05, 0) is 25.0 Å². The summed E-state index contributed by atoms with van der Waals surface area (Å²) in [4.78, 5) is 14.9. The van der Waals surface area contributed by atoms with Crippen molar-refractivity contribution in [2.75, 3.05) is 7.05 Å². The van der Waals surface area contributed by atoms with Crippen LogP contribution in [0.2, 0.25) is 0 Å². The van der Waals surface area contributed by atoms with Gasteiger partial charge >= 0.3 is 0 Å². The molecule has 0 aromatic carbocycles. The summed E-state index contributed by atoms with van der Waals surface area (Å²) in [5, 5.41) is 0. The summed E-state index contributed by atoms with van der Waals surface area (Å²) in [6.07, 6.45) is 7.48. The number of furan rings is 1. The Balaban J connectivity index is 2.15. The van der Waals surface area contributed by atoms with E-state index in [0.717, 1.165) is 44.3 Å². The number of nitrogens with zero attached hydrogens (tertiary/aromatic N) is 1. The van der Waals surface area contributed by atoms with E-state index >= 15 is 0 Å². The van der Waals surface area contributed by atoms with E-state index in [-0.39, 0.29) is 5.91 Å². The molecule has 1 saturated carbocycles. The van der Waals surface area contributed by atoms with Crippen LogP contribution in [0.15, 0.2) is 22.8 Å². The Bertz CT molecular complexity index is 462. The first-order chi connectivity index (χ1) is 9.56. The first kappa shape index (κ1) is 15.0. The molecular formula is C15H22N2O2S. The largest absolute Gasteiger partial charge is 0.467 e. The SMILES string of the molecule is CN(Cc1ccco1)C(=O)C1(C(N)=S)CCCCCC1. The zero-order valence-corrected chi connectivity index (χ0v) is 12.7. The van der Waals surface area contributed by atoms with E-state index in [0.29, 0.717) is 11.5 Å². The molecule has 0 aliphatic heterocycles. The Morgan fingerprint density at radius 3 is 2.55 bits per heavy atom. The van der Waals surface area contributed by atoms with Gasteiger partial charge in [-0.2, -0.15) is 0 Å². The van der Waals surface area contributed by atoms with Crippen LogP contribution in [-0.4, -0.2) is 22.8 Å². The predicted octanol–water partition coefficient (Wildman–Crippen LogP) is 2.86. The Hall–Kier alpha value is -1.36. The minimum Gasteiger partial charge on any atom is -0.467 e. The average Bonchev–Trinajstić information content (AvgIpc) is 2.79. The molecule has 1 aliphatic rings. The van der Waals surface area contributed by atoms with E-state index in [1.807, 2.05) is 12.1 Å². The number of hydrogen-bond donors (Lipinski definition) is 1. The molecule has 1 heterocycles. The monoisotopic (exact) mass is 294 g/mol. The molecule has 1 aromatic heterocycles. The van der Waals surface area contributed by atoms with Gasteiger partial charge in [-0.3, -0.25) is 4.79 Å². The lowest BCUT2D eigenvalue weighted by Crippen LogP contribution is -2.49. The maximum absolute atomic E-state index is 12.9. The van der Waals surface area contributed by atoms with E-state index in [1.165, 1.54) is 0 Å². The lowest BCUT2D eigenvalue weighted by Gasteiger charge is -2.34. The van der Waals surface area contributed by atoms with Gasteiger partial charge in [0.15, 0.2) is 0 Å². The van der Waals surface area contributed by atoms with Gasteiger partial charge in [0.1, 0.15) is 5.76 Å². The standard InChI is InChI=1S/C15H22N2O2S/c1-17(11-12-7-6-10-19-12)14(18)15(13(16)20)8-4-2-3-5-9-15/h6-7,10H,2-5,8-9,11H2,1H3,(H2,16,20). The lowest BCUT2D eigenvalue weighted by molar-refractivity contribution is -0.138. The minimum absolute atomic E-state index is 0.0308. The highest BCUT2D eigenvalue weighted by Crippen LogP contribution is 2.37. The molecule has 4 nitrogen and oxygen atoms in total. The molecule has 0 bridgehead atoms. The smallest absolute Gasteiger partial charge is 0.235 e. The Morgan fingerprint density at radius 2 is 2.05 bits per heavy atom. The lowest BCUT2D eigenvalue weighted by atomic mass is 9.79. The van der Waals surface area contributed by atoms with Crippen molar-refractivity contribution in [1.29, 1.82) is 0 Å². The van der Waals surface area contributed by atoms with Gasteiger partial charge in [-0.25, -0.2) is 0 Å². The molecule has 0 unspecified atom stereocenters. The van der Waals surface area contributed by atoms with Crippen LogP contribution < -0.4 is 5.73 Å². The topological polar surface area (TPSA) is 59.5 Å². The molecule has 0 radical (unpaired) electrons. The number of carbonyl (C=O) groups is 1. The van der Waals surface area contributed by atoms with Crippen LogP contribution in [0.5, 0.6) is 0 Å². The number of amides is 1. The Morgan fingerprint density at radius 1 is 1.40 bits per heavy atom. The molecule has 0 atom stereocenters. The van der Waals surface area contributed by atoms with Crippen molar-refractivity contribution in [3.05, 3.63) is 24.2 Å². The number of thiocarbonyl (C=S) groups is 1. The number of nitrogens with two attached hydrogens (primary N) is 1. The summed E-state index contributed by atoms with van der Waals surface area (Å²) < 4.78 is 5.30. The highest BCUT2D eigenvalue weighted by atomic mass is 32.1. The second-order valence-corrected chi connectivity index (χ2v) is 6.04. The van der Waals surface area contributed by atoms with Crippen LogP contribution in [0.4, 0.5) is 0 Å². The predicted molar refractivity (Wildman–Crippen MR) is 82.1 cm³/mol. The fourth-order valence-electron chi connectivity index (χ4n) is 2.97. The molecule has 1 aromatic rings. The fourth-order valence-corrected chi connectivity index (χ4v) is 3.26. The second kappa shape index (κ2) is 6.39. The third kappa shape index (κ3) is 3.03. The zero-order chi connectivity index (χ0) is 14.6. The van der Waals surface area contributed by atoms with Crippen LogP contribution in [0.25, 0.3) is 0 Å². The van der Waals surface area contributed by atoms with Crippen LogP contribution in [0, 0.1) is 5.41 Å². The van der Waals surface area contributed by atoms with Crippen LogP contribution >= 0.6 is 12.2 Å². The molecule has 1 amide bonds. The van der Waals surface area contributed by atoms with Crippen LogP contribution in [0.1, 0.15) is 44.3 Å². The normalized spacial score (nSPS) is 18.2. The van der Waals surface area contributed by atoms with E-state index in [9.17, 15) is 4.79 Å². The van der Waals surface area contributed by atoms with Crippen molar-refractivity contribution in [2.45, 2.75) is 45.1 Å². The second-order valence-electron chi connectivity index (χ2n) is 5.60. The molecule has 0 saturated heterocycles. The van der Waals surface area contributed by atoms with E-state index in [1.54, 1.807) is 18.2 Å². The van der Waals surface area contributed by atoms with Crippen molar-refractivity contribution in [2.24, 2.45) is 11.1 Å². The maximum atomic E-state index is 12.9. The molecule has 5 heteroatoms. The third-order valence-corrected chi connectivity index (χ3v) is 4.55. The number of hydrogen-bond acceptors (Lipinski definition) is 3. The molecule has 1 fully saturated rings. The number of carbonyl (C=O) groups excluding carboxylic acids is 1. The van der Waals surface area contributed by atoms with Crippen LogP contribution in [0.3, 0.4) is 0 Å². The molecule has 2 N–H and O–H groups in total. The van der Waals surface area contributed by atoms with Crippen molar-refractivity contribution >= 4 is 23.1 Å². The summed E-state index contributed by atoms with van der Waals surface area (Å²) in [6.45, 7) is 0.455. The Kier molecular flexibility index (Phi) is 4.81. The molecule has 110 valence electrons. The Labute approximate surface area is 125 Å². The highest BCUT2D eigenvalue weighted by Gasteiger charge is 2.43. The quantitative estimate of drug-likeness (QED) is 0.685. The van der Waals surface area contributed by atoms with Gasteiger partial charge in [-0.15, -0.1) is 0 Å². The molecule has 0 spiro atoms. The fraction of sp³-hybridized carbons (Fsp3) is 0.600. The van der Waals surface area contributed by atoms with Crippen LogP contribution in [-0.2, 0) is 11.3 Å². The van der Waals surface area contributed by atoms with E-state index in [2.05, 4.69) is 0 Å². The van der Waals surface area contributed by atoms with Crippen molar-refractivity contribution in [3.63, 3.8) is 0 Å². The summed E-state index contributed by atoms with van der Waals surface area (Å²) >= 11 is 5.24. The van der Waals surface area contributed by atoms with Gasteiger partial charge in [-0.1, -0.05) is 37.9 Å². The first-order valence-electron chi connectivity index (χ1n) is 7.14. The molecule has 1 aliphatic carbocycles. The zero-order valence-electron chi connectivity index (χ0n) is 11.9. The molecule has 2 rings (SSSR count). The summed E-state index contributed by atoms with van der Waals surface area (Å²) in [6, 6.07) is 3.69. The summed E-state index contributed by atoms with van der Waals surface area (Å²) in [5.41, 5.74) is 5.28. The van der Waals surface area contributed by atoms with Gasteiger partial charge < -0.3 is 15.1 Å². The maximum Gasteiger partial charge on any atom is 0.235 e. The van der Waals surface area contributed by atoms with Gasteiger partial charge in [0.2, 0.25) is 5.91 Å². The van der Waals surface area contributed by atoms with E-state index in [4.69, 9.17) is 22.4 Å². The summed E-state index contributed by atoms with van der Waals surface area (Å²) in [7, 11) is 1.79. The average molecular weight is 294 g/mol. The highest BCUT2D eigenvalue weighted by molar-refractivity contribution is 7.80. The van der Waals surface area contributed by atoms with Crippen molar-refractivity contribution in [1.82, 2.24) is 4.90 Å². The van der Waals surface area contributed by atoms with Crippen molar-refractivity contribution in [3.8, 4) is 0 Å². The van der Waals surface area contributed by atoms with Gasteiger partial charge in [0.25, 0.3) is 0 Å². The van der Waals surface area contributed by atoms with Gasteiger partial charge in [0.05, 0.1) is 23.2 Å².